The highest BCUT2D eigenvalue weighted by atomic mass is 79.9. The van der Waals surface area contributed by atoms with Gasteiger partial charge in [-0.3, -0.25) is 19.1 Å². The molecule has 0 unspecified atom stereocenters. The summed E-state index contributed by atoms with van der Waals surface area (Å²) in [6.45, 7) is 2.52. The van der Waals surface area contributed by atoms with Crippen molar-refractivity contribution in [3.05, 3.63) is 31.5 Å². The minimum absolute atomic E-state index is 0.0993. The molecule has 17 heavy (non-hydrogen) atoms. The molecule has 1 aromatic rings. The SMILES string of the molecule is CCCCNC(=O)Cn1cc(Br)c(=O)[nH]c1=O. The van der Waals surface area contributed by atoms with Crippen molar-refractivity contribution in [2.75, 3.05) is 6.54 Å². The molecule has 0 aliphatic carbocycles. The molecule has 0 aromatic carbocycles. The molecule has 0 bridgehead atoms. The third-order valence-corrected chi connectivity index (χ3v) is 2.70. The molecule has 0 aliphatic heterocycles. The smallest absolute Gasteiger partial charge is 0.328 e. The lowest BCUT2D eigenvalue weighted by molar-refractivity contribution is -0.121. The first-order valence-electron chi connectivity index (χ1n) is 5.30. The van der Waals surface area contributed by atoms with Crippen molar-refractivity contribution in [3.8, 4) is 0 Å². The number of unbranched alkanes of at least 4 members (excludes halogenated alkanes) is 1. The van der Waals surface area contributed by atoms with Gasteiger partial charge >= 0.3 is 5.69 Å². The molecule has 0 spiro atoms. The van der Waals surface area contributed by atoms with E-state index in [-0.39, 0.29) is 16.9 Å². The molecule has 6 nitrogen and oxygen atoms in total. The zero-order chi connectivity index (χ0) is 12.8. The Balaban J connectivity index is 2.69. The Labute approximate surface area is 106 Å². The van der Waals surface area contributed by atoms with Crippen LogP contribution in [0.15, 0.2) is 20.3 Å². The van der Waals surface area contributed by atoms with Gasteiger partial charge in [-0.15, -0.1) is 0 Å². The number of aromatic nitrogens is 2. The van der Waals surface area contributed by atoms with Crippen LogP contribution in [0.1, 0.15) is 19.8 Å². The van der Waals surface area contributed by atoms with E-state index in [1.807, 2.05) is 6.92 Å². The first-order valence-corrected chi connectivity index (χ1v) is 6.10. The van der Waals surface area contributed by atoms with Crippen molar-refractivity contribution in [1.82, 2.24) is 14.9 Å². The second kappa shape index (κ2) is 6.39. The van der Waals surface area contributed by atoms with Crippen LogP contribution in [0.3, 0.4) is 0 Å². The summed E-state index contributed by atoms with van der Waals surface area (Å²) in [5, 5.41) is 2.69. The largest absolute Gasteiger partial charge is 0.355 e. The van der Waals surface area contributed by atoms with E-state index in [2.05, 4.69) is 26.2 Å². The van der Waals surface area contributed by atoms with Gasteiger partial charge in [-0.1, -0.05) is 13.3 Å². The third-order valence-electron chi connectivity index (χ3n) is 2.13. The second-order valence-electron chi connectivity index (χ2n) is 3.57. The number of aromatic amines is 1. The maximum atomic E-state index is 11.5. The van der Waals surface area contributed by atoms with Gasteiger partial charge in [-0.25, -0.2) is 4.79 Å². The number of H-pyrrole nitrogens is 1. The van der Waals surface area contributed by atoms with Crippen LogP contribution in [-0.2, 0) is 11.3 Å². The molecule has 1 heterocycles. The van der Waals surface area contributed by atoms with Gasteiger partial charge in [0.25, 0.3) is 5.56 Å². The molecule has 1 aromatic heterocycles. The van der Waals surface area contributed by atoms with Crippen molar-refractivity contribution >= 4 is 21.8 Å². The van der Waals surface area contributed by atoms with E-state index < -0.39 is 11.2 Å². The number of halogens is 1. The van der Waals surface area contributed by atoms with Gasteiger partial charge in [0, 0.05) is 12.7 Å². The molecule has 2 N–H and O–H groups in total. The Kier molecular flexibility index (Phi) is 5.14. The van der Waals surface area contributed by atoms with E-state index in [1.54, 1.807) is 0 Å². The summed E-state index contributed by atoms with van der Waals surface area (Å²) in [5.74, 6) is -0.250. The van der Waals surface area contributed by atoms with E-state index in [0.29, 0.717) is 6.54 Å². The number of nitrogens with one attached hydrogen (secondary N) is 2. The van der Waals surface area contributed by atoms with Gasteiger partial charge in [0.2, 0.25) is 5.91 Å². The molecule has 7 heteroatoms. The van der Waals surface area contributed by atoms with Crippen LogP contribution in [0.25, 0.3) is 0 Å². The molecular weight excluding hydrogens is 290 g/mol. The highest BCUT2D eigenvalue weighted by Crippen LogP contribution is 1.97. The van der Waals surface area contributed by atoms with Crippen LogP contribution in [0.2, 0.25) is 0 Å². The zero-order valence-electron chi connectivity index (χ0n) is 9.46. The van der Waals surface area contributed by atoms with E-state index >= 15 is 0 Å². The molecule has 1 amide bonds. The summed E-state index contributed by atoms with van der Waals surface area (Å²) < 4.78 is 1.37. The Morgan fingerprint density at radius 3 is 2.88 bits per heavy atom. The highest BCUT2D eigenvalue weighted by molar-refractivity contribution is 9.10. The molecular formula is C10H14BrN3O3. The van der Waals surface area contributed by atoms with Gasteiger partial charge < -0.3 is 5.32 Å². The monoisotopic (exact) mass is 303 g/mol. The second-order valence-corrected chi connectivity index (χ2v) is 4.42. The van der Waals surface area contributed by atoms with E-state index in [1.165, 1.54) is 6.20 Å². The van der Waals surface area contributed by atoms with E-state index in [9.17, 15) is 14.4 Å². The van der Waals surface area contributed by atoms with Gasteiger partial charge in [0.1, 0.15) is 6.54 Å². The lowest BCUT2D eigenvalue weighted by atomic mass is 10.3. The number of rotatable bonds is 5. The van der Waals surface area contributed by atoms with Crippen molar-refractivity contribution in [3.63, 3.8) is 0 Å². The predicted octanol–water partition coefficient (Wildman–Crippen LogP) is 0.215. The average Bonchev–Trinajstić information content (AvgIpc) is 2.26. The molecule has 0 saturated heterocycles. The number of amides is 1. The molecule has 0 aliphatic rings. The Hall–Kier alpha value is -1.37. The predicted molar refractivity (Wildman–Crippen MR) is 66.9 cm³/mol. The molecule has 1 rings (SSSR count). The average molecular weight is 304 g/mol. The minimum atomic E-state index is -0.594. The molecule has 0 saturated carbocycles. The summed E-state index contributed by atoms with van der Waals surface area (Å²) in [7, 11) is 0. The highest BCUT2D eigenvalue weighted by Gasteiger charge is 2.06. The summed E-state index contributed by atoms with van der Waals surface area (Å²) in [6.07, 6.45) is 3.20. The first kappa shape index (κ1) is 13.7. The van der Waals surface area contributed by atoms with E-state index in [0.717, 1.165) is 17.4 Å². The van der Waals surface area contributed by atoms with Gasteiger partial charge in [-0.2, -0.15) is 0 Å². The lowest BCUT2D eigenvalue weighted by Gasteiger charge is -2.06. The van der Waals surface area contributed by atoms with Crippen LogP contribution in [-0.4, -0.2) is 22.0 Å². The van der Waals surface area contributed by atoms with Crippen LogP contribution < -0.4 is 16.6 Å². The number of nitrogens with zero attached hydrogens (tertiary/aromatic N) is 1. The van der Waals surface area contributed by atoms with Crippen LogP contribution in [0.4, 0.5) is 0 Å². The molecule has 94 valence electrons. The number of hydrogen-bond acceptors (Lipinski definition) is 3. The third kappa shape index (κ3) is 4.18. The molecule has 0 radical (unpaired) electrons. The lowest BCUT2D eigenvalue weighted by Crippen LogP contribution is -2.36. The van der Waals surface area contributed by atoms with E-state index in [4.69, 9.17) is 0 Å². The first-order chi connectivity index (χ1) is 8.04. The Bertz CT molecular complexity index is 506. The number of carbonyl (C=O) groups is 1. The normalized spacial score (nSPS) is 10.2. The van der Waals surface area contributed by atoms with Crippen molar-refractivity contribution in [2.24, 2.45) is 0 Å². The number of hydrogen-bond donors (Lipinski definition) is 2. The van der Waals surface area contributed by atoms with Gasteiger partial charge in [0.15, 0.2) is 0 Å². The standard InChI is InChI=1S/C10H14BrN3O3/c1-2-3-4-12-8(15)6-14-5-7(11)9(16)13-10(14)17/h5H,2-4,6H2,1H3,(H,12,15)(H,13,16,17). The fraction of sp³-hybridized carbons (Fsp3) is 0.500. The van der Waals surface area contributed by atoms with Gasteiger partial charge in [-0.05, 0) is 22.4 Å². The minimum Gasteiger partial charge on any atom is -0.355 e. The van der Waals surface area contributed by atoms with Crippen LogP contribution in [0.5, 0.6) is 0 Å². The van der Waals surface area contributed by atoms with Crippen LogP contribution in [0, 0.1) is 0 Å². The van der Waals surface area contributed by atoms with Crippen molar-refractivity contribution in [1.29, 1.82) is 0 Å². The van der Waals surface area contributed by atoms with Crippen molar-refractivity contribution < 1.29 is 4.79 Å². The fourth-order valence-corrected chi connectivity index (χ4v) is 1.56. The maximum Gasteiger partial charge on any atom is 0.328 e. The fourth-order valence-electron chi connectivity index (χ4n) is 1.22. The number of carbonyl (C=O) groups excluding carboxylic acids is 1. The summed E-state index contributed by atoms with van der Waals surface area (Å²) in [4.78, 5) is 36.0. The summed E-state index contributed by atoms with van der Waals surface area (Å²) in [5.41, 5.74) is -1.10. The summed E-state index contributed by atoms with van der Waals surface area (Å²) in [6, 6.07) is 0. The topological polar surface area (TPSA) is 84.0 Å². The van der Waals surface area contributed by atoms with Gasteiger partial charge in [0.05, 0.1) is 4.47 Å². The molecule has 0 fully saturated rings. The van der Waals surface area contributed by atoms with Crippen molar-refractivity contribution in [2.45, 2.75) is 26.3 Å². The zero-order valence-corrected chi connectivity index (χ0v) is 11.0. The molecule has 0 atom stereocenters. The Morgan fingerprint density at radius 2 is 2.24 bits per heavy atom. The quantitative estimate of drug-likeness (QED) is 0.763. The summed E-state index contributed by atoms with van der Waals surface area (Å²) >= 11 is 3.00. The maximum absolute atomic E-state index is 11.5. The Morgan fingerprint density at radius 1 is 1.53 bits per heavy atom. The van der Waals surface area contributed by atoms with Crippen LogP contribution >= 0.6 is 15.9 Å².